The second kappa shape index (κ2) is 5.85. The van der Waals surface area contributed by atoms with Gasteiger partial charge in [0.1, 0.15) is 10.8 Å². The maximum absolute atomic E-state index is 5.84. The molecule has 1 aromatic carbocycles. The molecule has 0 amide bonds. The van der Waals surface area contributed by atoms with Gasteiger partial charge in [-0.25, -0.2) is 10.3 Å². The third-order valence-corrected chi connectivity index (χ3v) is 2.86. The summed E-state index contributed by atoms with van der Waals surface area (Å²) in [5.74, 6) is 0.849. The minimum absolute atomic E-state index is 0.473. The second-order valence-corrected chi connectivity index (χ2v) is 4.45. The Hall–Kier alpha value is -1.58. The Labute approximate surface area is 115 Å². The predicted molar refractivity (Wildman–Crippen MR) is 75.3 cm³/mol. The van der Waals surface area contributed by atoms with Crippen LogP contribution in [0.3, 0.4) is 0 Å². The summed E-state index contributed by atoms with van der Waals surface area (Å²) in [5.41, 5.74) is 1.87. The van der Waals surface area contributed by atoms with Crippen LogP contribution in [-0.2, 0) is 0 Å². The third kappa shape index (κ3) is 3.22. The molecule has 0 radical (unpaired) electrons. The Kier molecular flexibility index (Phi) is 4.18. The molecule has 1 aromatic heterocycles. The Morgan fingerprint density at radius 3 is 2.39 bits per heavy atom. The molecule has 2 N–H and O–H groups in total. The van der Waals surface area contributed by atoms with Gasteiger partial charge in [-0.2, -0.15) is 0 Å². The summed E-state index contributed by atoms with van der Waals surface area (Å²) < 4.78 is 0. The zero-order valence-electron chi connectivity index (χ0n) is 9.74. The summed E-state index contributed by atoms with van der Waals surface area (Å²) in [6, 6.07) is 11.1. The standard InChI is InChI=1S/C13H11Cl2N3/c1-16-13(9-2-7-12(15)17-8-9)18-11-5-3-10(14)4-6-11/h2-8H,1H3,(H,16,18)/p+1. The predicted octanol–water partition coefficient (Wildman–Crippen LogP) is 1.96. The van der Waals surface area contributed by atoms with Gasteiger partial charge >= 0.3 is 0 Å². The van der Waals surface area contributed by atoms with Crippen LogP contribution in [0.4, 0.5) is 5.69 Å². The molecule has 0 aliphatic heterocycles. The van der Waals surface area contributed by atoms with E-state index in [2.05, 4.69) is 15.3 Å². The highest BCUT2D eigenvalue weighted by Gasteiger charge is 2.10. The Morgan fingerprint density at radius 2 is 1.83 bits per heavy atom. The first kappa shape index (κ1) is 12.9. The molecule has 1 heterocycles. The molecule has 0 bridgehead atoms. The highest BCUT2D eigenvalue weighted by molar-refractivity contribution is 6.30. The Bertz CT molecular complexity index is 547. The van der Waals surface area contributed by atoms with E-state index in [0.717, 1.165) is 17.1 Å². The molecule has 0 aliphatic rings. The zero-order valence-corrected chi connectivity index (χ0v) is 11.3. The topological polar surface area (TPSA) is 38.9 Å². The Morgan fingerprint density at radius 1 is 1.11 bits per heavy atom. The first-order valence-electron chi connectivity index (χ1n) is 5.38. The molecule has 0 saturated heterocycles. The van der Waals surface area contributed by atoms with Crippen molar-refractivity contribution in [2.45, 2.75) is 0 Å². The van der Waals surface area contributed by atoms with Crippen molar-refractivity contribution in [2.75, 3.05) is 12.4 Å². The first-order valence-corrected chi connectivity index (χ1v) is 6.14. The van der Waals surface area contributed by atoms with Crippen LogP contribution >= 0.6 is 23.2 Å². The van der Waals surface area contributed by atoms with Gasteiger partial charge in [0.2, 0.25) is 0 Å². The quantitative estimate of drug-likeness (QED) is 0.502. The molecular formula is C13H12Cl2N3+. The summed E-state index contributed by atoms with van der Waals surface area (Å²) in [4.78, 5) is 7.14. The summed E-state index contributed by atoms with van der Waals surface area (Å²) in [6.45, 7) is 0. The normalized spacial score (nSPS) is 11.4. The second-order valence-electron chi connectivity index (χ2n) is 3.63. The fourth-order valence-electron chi connectivity index (χ4n) is 1.48. The van der Waals surface area contributed by atoms with Crippen molar-refractivity contribution in [3.63, 3.8) is 0 Å². The number of benzene rings is 1. The first-order chi connectivity index (χ1) is 8.69. The van der Waals surface area contributed by atoms with Crippen molar-refractivity contribution in [2.24, 2.45) is 0 Å². The highest BCUT2D eigenvalue weighted by Crippen LogP contribution is 2.14. The van der Waals surface area contributed by atoms with Crippen LogP contribution in [0.1, 0.15) is 5.56 Å². The number of pyridine rings is 1. The third-order valence-electron chi connectivity index (χ3n) is 2.38. The number of anilines is 1. The van der Waals surface area contributed by atoms with Gasteiger partial charge in [-0.3, -0.25) is 4.99 Å². The molecule has 0 spiro atoms. The van der Waals surface area contributed by atoms with Crippen molar-refractivity contribution in [3.05, 3.63) is 58.3 Å². The van der Waals surface area contributed by atoms with Crippen molar-refractivity contribution >= 4 is 34.7 Å². The summed E-state index contributed by atoms with van der Waals surface area (Å²) in [5, 5.41) is 4.44. The maximum Gasteiger partial charge on any atom is 0.281 e. The zero-order chi connectivity index (χ0) is 13.0. The average Bonchev–Trinajstić information content (AvgIpc) is 2.39. The number of rotatable bonds is 2. The number of aromatic nitrogens is 1. The fraction of sp³-hybridized carbons (Fsp3) is 0.0769. The van der Waals surface area contributed by atoms with Gasteiger partial charge < -0.3 is 0 Å². The molecule has 0 aliphatic carbocycles. The van der Waals surface area contributed by atoms with Gasteiger partial charge in [-0.1, -0.05) is 23.2 Å². The molecular weight excluding hydrogens is 269 g/mol. The molecule has 0 unspecified atom stereocenters. The number of hydrogen-bond acceptors (Lipinski definition) is 1. The lowest BCUT2D eigenvalue weighted by Gasteiger charge is -2.02. The van der Waals surface area contributed by atoms with Crippen LogP contribution in [0.5, 0.6) is 0 Å². The van der Waals surface area contributed by atoms with Crippen LogP contribution in [0.15, 0.2) is 42.6 Å². The van der Waals surface area contributed by atoms with Gasteiger partial charge in [0.15, 0.2) is 0 Å². The van der Waals surface area contributed by atoms with Crippen molar-refractivity contribution in [1.29, 1.82) is 0 Å². The molecule has 18 heavy (non-hydrogen) atoms. The summed E-state index contributed by atoms with van der Waals surface area (Å²) in [7, 11) is 1.84. The lowest BCUT2D eigenvalue weighted by Crippen LogP contribution is -2.70. The minimum atomic E-state index is 0.473. The van der Waals surface area contributed by atoms with E-state index in [0.29, 0.717) is 10.2 Å². The van der Waals surface area contributed by atoms with Crippen LogP contribution in [0.2, 0.25) is 10.2 Å². The Balaban J connectivity index is 2.20. The van der Waals surface area contributed by atoms with Crippen molar-refractivity contribution < 1.29 is 4.99 Å². The van der Waals surface area contributed by atoms with Crippen LogP contribution < -0.4 is 10.3 Å². The molecule has 0 fully saturated rings. The molecule has 2 rings (SSSR count). The van der Waals surface area contributed by atoms with E-state index in [1.165, 1.54) is 0 Å². The van der Waals surface area contributed by atoms with E-state index in [-0.39, 0.29) is 0 Å². The van der Waals surface area contributed by atoms with Gasteiger partial charge in [0.05, 0.1) is 12.6 Å². The fourth-order valence-corrected chi connectivity index (χ4v) is 1.72. The van der Waals surface area contributed by atoms with Gasteiger partial charge in [0.25, 0.3) is 5.84 Å². The van der Waals surface area contributed by atoms with Crippen LogP contribution in [0, 0.1) is 0 Å². The summed E-state index contributed by atoms with van der Waals surface area (Å²) in [6.07, 6.45) is 1.71. The molecule has 0 atom stereocenters. The van der Waals surface area contributed by atoms with E-state index >= 15 is 0 Å². The van der Waals surface area contributed by atoms with Gasteiger partial charge in [-0.15, -0.1) is 0 Å². The van der Waals surface area contributed by atoms with E-state index in [1.54, 1.807) is 12.3 Å². The van der Waals surface area contributed by atoms with Crippen LogP contribution in [-0.4, -0.2) is 17.9 Å². The van der Waals surface area contributed by atoms with Crippen LogP contribution in [0.25, 0.3) is 0 Å². The summed E-state index contributed by atoms with van der Waals surface area (Å²) >= 11 is 11.6. The number of nitrogens with one attached hydrogen (secondary N) is 2. The SMILES string of the molecule is C[NH+]=C(Nc1ccc(Cl)cc1)c1ccc(Cl)nc1. The minimum Gasteiger partial charge on any atom is -0.277 e. The van der Waals surface area contributed by atoms with E-state index in [9.17, 15) is 0 Å². The number of hydrogen-bond donors (Lipinski definition) is 2. The molecule has 2 aromatic rings. The molecule has 3 nitrogen and oxygen atoms in total. The van der Waals surface area contributed by atoms with E-state index < -0.39 is 0 Å². The van der Waals surface area contributed by atoms with Gasteiger partial charge in [-0.05, 0) is 36.4 Å². The lowest BCUT2D eigenvalue weighted by atomic mass is 10.2. The largest absolute Gasteiger partial charge is 0.281 e. The van der Waals surface area contributed by atoms with Crippen molar-refractivity contribution in [1.82, 2.24) is 4.98 Å². The molecule has 0 saturated carbocycles. The highest BCUT2D eigenvalue weighted by atomic mass is 35.5. The van der Waals surface area contributed by atoms with Gasteiger partial charge in [0, 0.05) is 11.2 Å². The monoisotopic (exact) mass is 280 g/mol. The molecule has 92 valence electrons. The smallest absolute Gasteiger partial charge is 0.277 e. The molecule has 5 heteroatoms. The van der Waals surface area contributed by atoms with E-state index in [4.69, 9.17) is 23.2 Å². The maximum atomic E-state index is 5.84. The lowest BCUT2D eigenvalue weighted by molar-refractivity contribution is -0.419. The van der Waals surface area contributed by atoms with Crippen molar-refractivity contribution in [3.8, 4) is 0 Å². The number of nitrogens with zero attached hydrogens (tertiary/aromatic N) is 1. The van der Waals surface area contributed by atoms with E-state index in [1.807, 2.05) is 37.4 Å². The number of amidine groups is 1. The average molecular weight is 281 g/mol. The number of halogens is 2.